The Kier molecular flexibility index (Phi) is 4.62. The average molecular weight is 271 g/mol. The number of aromatic nitrogens is 1. The van der Waals surface area contributed by atoms with E-state index in [2.05, 4.69) is 20.9 Å². The van der Waals surface area contributed by atoms with Gasteiger partial charge in [-0.2, -0.15) is 0 Å². The summed E-state index contributed by atoms with van der Waals surface area (Å²) < 4.78 is 1.09. The second kappa shape index (κ2) is 5.78. The van der Waals surface area contributed by atoms with Crippen molar-refractivity contribution in [1.29, 1.82) is 0 Å². The van der Waals surface area contributed by atoms with Crippen LogP contribution in [0.5, 0.6) is 0 Å². The Hall–Kier alpha value is -0.870. The lowest BCUT2D eigenvalue weighted by Crippen LogP contribution is -1.81. The molecule has 0 amide bonds. The molecule has 2 aromatic rings. The van der Waals surface area contributed by atoms with Crippen LogP contribution in [0, 0.1) is 6.92 Å². The Morgan fingerprint density at radius 1 is 1.29 bits per heavy atom. The Morgan fingerprint density at radius 2 is 1.93 bits per heavy atom. The van der Waals surface area contributed by atoms with E-state index in [0.29, 0.717) is 0 Å². The average Bonchev–Trinajstić information content (AvgIpc) is 2.63. The lowest BCUT2D eigenvalue weighted by molar-refractivity contribution is 1.42. The Balaban J connectivity index is 0.000000146. The van der Waals surface area contributed by atoms with Crippen molar-refractivity contribution in [3.8, 4) is 0 Å². The molecule has 2 nitrogen and oxygen atoms in total. The van der Waals surface area contributed by atoms with E-state index in [0.717, 1.165) is 9.47 Å². The standard InChI is InChI=1S/C7H9N.C3H2BrNS/c1-6-2-4-7(8)5-3-6;4-3-1-5-2-6-3/h2-5H,8H2,1H3;1-2H. The number of anilines is 1. The monoisotopic (exact) mass is 270 g/mol. The summed E-state index contributed by atoms with van der Waals surface area (Å²) in [4.78, 5) is 3.79. The van der Waals surface area contributed by atoms with Crippen LogP contribution in [0.15, 0.2) is 39.8 Å². The van der Waals surface area contributed by atoms with E-state index < -0.39 is 0 Å². The van der Waals surface area contributed by atoms with Gasteiger partial charge in [0.25, 0.3) is 0 Å². The molecule has 0 aliphatic heterocycles. The van der Waals surface area contributed by atoms with Gasteiger partial charge in [-0.3, -0.25) is 4.98 Å². The lowest BCUT2D eigenvalue weighted by Gasteiger charge is -1.90. The number of nitrogens with zero attached hydrogens (tertiary/aromatic N) is 1. The van der Waals surface area contributed by atoms with E-state index in [-0.39, 0.29) is 0 Å². The number of aryl methyl sites for hydroxylation is 1. The van der Waals surface area contributed by atoms with E-state index in [4.69, 9.17) is 5.73 Å². The molecule has 2 rings (SSSR count). The first-order chi connectivity index (χ1) is 6.68. The molecule has 0 bridgehead atoms. The largest absolute Gasteiger partial charge is 0.399 e. The maximum absolute atomic E-state index is 5.43. The number of thiazole rings is 1. The van der Waals surface area contributed by atoms with Gasteiger partial charge in [0, 0.05) is 5.69 Å². The Labute approximate surface area is 95.9 Å². The van der Waals surface area contributed by atoms with Crippen LogP contribution in [0.3, 0.4) is 0 Å². The molecule has 4 heteroatoms. The predicted molar refractivity (Wildman–Crippen MR) is 65.4 cm³/mol. The molecule has 74 valence electrons. The topological polar surface area (TPSA) is 38.9 Å². The summed E-state index contributed by atoms with van der Waals surface area (Å²) in [5.41, 5.74) is 9.29. The van der Waals surface area contributed by atoms with E-state index in [1.807, 2.05) is 31.2 Å². The van der Waals surface area contributed by atoms with Crippen LogP contribution in [-0.2, 0) is 0 Å². The van der Waals surface area contributed by atoms with Gasteiger partial charge >= 0.3 is 0 Å². The number of benzene rings is 1. The fraction of sp³-hybridized carbons (Fsp3) is 0.100. The molecule has 0 radical (unpaired) electrons. The molecule has 1 aromatic carbocycles. The molecule has 2 N–H and O–H groups in total. The van der Waals surface area contributed by atoms with Crippen molar-refractivity contribution in [2.24, 2.45) is 0 Å². The van der Waals surface area contributed by atoms with Gasteiger partial charge in [-0.05, 0) is 35.0 Å². The van der Waals surface area contributed by atoms with E-state index >= 15 is 0 Å². The minimum absolute atomic E-state index is 0.829. The summed E-state index contributed by atoms with van der Waals surface area (Å²) in [6, 6.07) is 7.79. The Bertz CT molecular complexity index is 335. The molecule has 0 aliphatic carbocycles. The first kappa shape index (κ1) is 11.2. The van der Waals surface area contributed by atoms with Crippen LogP contribution in [-0.4, -0.2) is 4.98 Å². The van der Waals surface area contributed by atoms with Gasteiger partial charge in [0.2, 0.25) is 0 Å². The molecular formula is C10H11BrN2S. The zero-order chi connectivity index (χ0) is 10.4. The molecule has 1 aromatic heterocycles. The fourth-order valence-electron chi connectivity index (χ4n) is 0.767. The molecule has 0 unspecified atom stereocenters. The minimum atomic E-state index is 0.829. The van der Waals surface area contributed by atoms with Crippen molar-refractivity contribution in [3.63, 3.8) is 0 Å². The van der Waals surface area contributed by atoms with Gasteiger partial charge in [-0.15, -0.1) is 11.3 Å². The van der Waals surface area contributed by atoms with E-state index in [9.17, 15) is 0 Å². The van der Waals surface area contributed by atoms with E-state index in [1.54, 1.807) is 23.0 Å². The van der Waals surface area contributed by atoms with E-state index in [1.165, 1.54) is 5.56 Å². The summed E-state index contributed by atoms with van der Waals surface area (Å²) in [7, 11) is 0. The third-order valence-corrected chi connectivity index (χ3v) is 2.80. The van der Waals surface area contributed by atoms with Crippen LogP contribution >= 0.6 is 27.3 Å². The van der Waals surface area contributed by atoms with Crippen molar-refractivity contribution < 1.29 is 0 Å². The highest BCUT2D eigenvalue weighted by Gasteiger charge is 1.80. The highest BCUT2D eigenvalue weighted by molar-refractivity contribution is 9.11. The third-order valence-electron chi connectivity index (χ3n) is 1.48. The fourth-order valence-corrected chi connectivity index (χ4v) is 1.48. The number of nitrogen functional groups attached to an aromatic ring is 1. The molecule has 0 saturated carbocycles. The second-order valence-corrected chi connectivity index (χ2v) is 4.98. The van der Waals surface area contributed by atoms with Gasteiger partial charge in [0.15, 0.2) is 0 Å². The maximum atomic E-state index is 5.43. The van der Waals surface area contributed by atoms with Gasteiger partial charge in [-0.25, -0.2) is 0 Å². The summed E-state index contributed by atoms with van der Waals surface area (Å²) in [5, 5.41) is 0. The van der Waals surface area contributed by atoms with Gasteiger partial charge in [0.05, 0.1) is 15.5 Å². The van der Waals surface area contributed by atoms with Gasteiger partial charge in [0.1, 0.15) is 0 Å². The summed E-state index contributed by atoms with van der Waals surface area (Å²) in [6.45, 7) is 2.04. The van der Waals surface area contributed by atoms with Crippen molar-refractivity contribution in [1.82, 2.24) is 4.98 Å². The highest BCUT2D eigenvalue weighted by atomic mass is 79.9. The third kappa shape index (κ3) is 4.39. The number of nitrogens with two attached hydrogens (primary N) is 1. The first-order valence-electron chi connectivity index (χ1n) is 4.04. The highest BCUT2D eigenvalue weighted by Crippen LogP contribution is 2.12. The quantitative estimate of drug-likeness (QED) is 0.745. The number of hydrogen-bond acceptors (Lipinski definition) is 3. The van der Waals surface area contributed by atoms with Crippen molar-refractivity contribution in [3.05, 3.63) is 45.3 Å². The normalized spacial score (nSPS) is 9.00. The van der Waals surface area contributed by atoms with Crippen LogP contribution in [0.4, 0.5) is 5.69 Å². The summed E-state index contributed by atoms with van der Waals surface area (Å²) in [6.07, 6.45) is 1.77. The number of hydrogen-bond donors (Lipinski definition) is 1. The molecule has 0 spiro atoms. The molecule has 0 aliphatic rings. The molecule has 14 heavy (non-hydrogen) atoms. The molecule has 0 atom stereocenters. The second-order valence-electron chi connectivity index (χ2n) is 2.72. The first-order valence-corrected chi connectivity index (χ1v) is 5.72. The van der Waals surface area contributed by atoms with Gasteiger partial charge in [-0.1, -0.05) is 17.7 Å². The van der Waals surface area contributed by atoms with Crippen LogP contribution < -0.4 is 5.73 Å². The molecule has 0 fully saturated rings. The lowest BCUT2D eigenvalue weighted by atomic mass is 10.2. The summed E-state index contributed by atoms with van der Waals surface area (Å²) >= 11 is 4.82. The smallest absolute Gasteiger partial charge is 0.0896 e. The molecule has 1 heterocycles. The van der Waals surface area contributed by atoms with Crippen LogP contribution in [0.25, 0.3) is 0 Å². The van der Waals surface area contributed by atoms with Crippen molar-refractivity contribution in [2.45, 2.75) is 6.92 Å². The van der Waals surface area contributed by atoms with Crippen LogP contribution in [0.2, 0.25) is 0 Å². The minimum Gasteiger partial charge on any atom is -0.399 e. The predicted octanol–water partition coefficient (Wildman–Crippen LogP) is 3.48. The number of rotatable bonds is 0. The number of halogens is 1. The van der Waals surface area contributed by atoms with Crippen molar-refractivity contribution >= 4 is 33.0 Å². The zero-order valence-corrected chi connectivity index (χ0v) is 10.2. The molecule has 0 saturated heterocycles. The molecular weight excluding hydrogens is 260 g/mol. The van der Waals surface area contributed by atoms with Crippen LogP contribution in [0.1, 0.15) is 5.56 Å². The van der Waals surface area contributed by atoms with Gasteiger partial charge < -0.3 is 5.73 Å². The summed E-state index contributed by atoms with van der Waals surface area (Å²) in [5.74, 6) is 0. The SMILES string of the molecule is Brc1cncs1.Cc1ccc(N)cc1. The Morgan fingerprint density at radius 3 is 2.21 bits per heavy atom. The maximum Gasteiger partial charge on any atom is 0.0896 e. The zero-order valence-electron chi connectivity index (χ0n) is 7.77. The van der Waals surface area contributed by atoms with Crippen molar-refractivity contribution in [2.75, 3.05) is 5.73 Å².